The van der Waals surface area contributed by atoms with Gasteiger partial charge in [0.1, 0.15) is 11.5 Å². The predicted octanol–water partition coefficient (Wildman–Crippen LogP) is 4.89. The van der Waals surface area contributed by atoms with Gasteiger partial charge in [-0.2, -0.15) is 0 Å². The minimum absolute atomic E-state index is 0.0264. The first-order valence-electron chi connectivity index (χ1n) is 9.56. The highest BCUT2D eigenvalue weighted by Crippen LogP contribution is 2.51. The number of fused-ring (bicyclic) bond motifs is 3. The number of Topliss-reactive ketones (excluding diaryl/α,β-unsaturated/α-hetero) is 2. The second-order valence-corrected chi connectivity index (χ2v) is 7.48. The van der Waals surface area contributed by atoms with Gasteiger partial charge in [0.15, 0.2) is 11.6 Å². The smallest absolute Gasteiger partial charge is 0.163 e. The van der Waals surface area contributed by atoms with Crippen molar-refractivity contribution in [2.45, 2.75) is 44.4 Å². The Balaban J connectivity index is 1.85. The van der Waals surface area contributed by atoms with E-state index in [0.717, 1.165) is 22.8 Å². The second-order valence-electron chi connectivity index (χ2n) is 7.48. The Morgan fingerprint density at radius 3 is 2.41 bits per heavy atom. The molecule has 27 heavy (non-hydrogen) atoms. The Hall–Kier alpha value is -2.88. The fraction of sp³-hybridized carbons (Fsp3) is 0.304. The number of aliphatic hydroxyl groups excluding tert-OH is 1. The number of aliphatic hydroxyl groups is 1. The topological polar surface area (TPSA) is 63.6 Å². The molecule has 0 bridgehead atoms. The summed E-state index contributed by atoms with van der Waals surface area (Å²) in [7, 11) is 0. The van der Waals surface area contributed by atoms with Crippen molar-refractivity contribution in [3.05, 3.63) is 64.6 Å². The van der Waals surface area contributed by atoms with Crippen LogP contribution in [-0.2, 0) is 9.59 Å². The number of carbonyl (C=O) groups is 2. The first-order chi connectivity index (χ1) is 13.1. The third-order valence-electron chi connectivity index (χ3n) is 5.87. The summed E-state index contributed by atoms with van der Waals surface area (Å²) in [4.78, 5) is 25.7. The van der Waals surface area contributed by atoms with Crippen LogP contribution in [0.5, 0.6) is 5.75 Å². The van der Waals surface area contributed by atoms with Gasteiger partial charge in [-0.05, 0) is 29.7 Å². The van der Waals surface area contributed by atoms with Crippen molar-refractivity contribution >= 4 is 22.3 Å². The maximum Gasteiger partial charge on any atom is 0.163 e. The quantitative estimate of drug-likeness (QED) is 0.786. The molecule has 5 rings (SSSR count). The van der Waals surface area contributed by atoms with E-state index in [1.165, 1.54) is 0 Å². The third kappa shape index (κ3) is 2.43. The van der Waals surface area contributed by atoms with Gasteiger partial charge in [-0.25, -0.2) is 0 Å². The molecule has 2 aromatic carbocycles. The van der Waals surface area contributed by atoms with Crippen LogP contribution in [0.25, 0.3) is 10.8 Å². The summed E-state index contributed by atoms with van der Waals surface area (Å²) < 4.78 is 6.15. The average molecular weight is 360 g/mol. The molecule has 3 aliphatic rings. The number of allylic oxidation sites excluding steroid dienone is 4. The first-order valence-corrected chi connectivity index (χ1v) is 9.56. The Kier molecular flexibility index (Phi) is 3.67. The summed E-state index contributed by atoms with van der Waals surface area (Å²) >= 11 is 0. The summed E-state index contributed by atoms with van der Waals surface area (Å²) in [6.07, 6.45) is 3.45. The minimum atomic E-state index is -0.532. The number of benzene rings is 2. The van der Waals surface area contributed by atoms with Gasteiger partial charge in [-0.15, -0.1) is 0 Å². The maximum absolute atomic E-state index is 12.9. The summed E-state index contributed by atoms with van der Waals surface area (Å²) in [6.45, 7) is 0. The van der Waals surface area contributed by atoms with Crippen LogP contribution in [0.2, 0.25) is 0 Å². The van der Waals surface area contributed by atoms with Gasteiger partial charge in [0.25, 0.3) is 0 Å². The van der Waals surface area contributed by atoms with Gasteiger partial charge in [-0.3, -0.25) is 9.59 Å². The third-order valence-corrected chi connectivity index (χ3v) is 5.87. The first kappa shape index (κ1) is 16.3. The van der Waals surface area contributed by atoms with Crippen LogP contribution in [0.3, 0.4) is 0 Å². The van der Waals surface area contributed by atoms with Crippen molar-refractivity contribution in [1.82, 2.24) is 0 Å². The molecule has 1 atom stereocenters. The fourth-order valence-electron chi connectivity index (χ4n) is 4.66. The molecule has 2 aliphatic carbocycles. The van der Waals surface area contributed by atoms with E-state index in [1.54, 1.807) is 0 Å². The highest BCUT2D eigenvalue weighted by molar-refractivity contribution is 6.07. The Morgan fingerprint density at radius 2 is 1.59 bits per heavy atom. The normalized spacial score (nSPS) is 22.6. The van der Waals surface area contributed by atoms with E-state index < -0.39 is 5.92 Å². The molecule has 0 spiro atoms. The van der Waals surface area contributed by atoms with Crippen molar-refractivity contribution in [2.24, 2.45) is 0 Å². The molecule has 0 saturated heterocycles. The zero-order valence-corrected chi connectivity index (χ0v) is 15.0. The molecule has 2 aromatic rings. The van der Waals surface area contributed by atoms with E-state index in [4.69, 9.17) is 4.74 Å². The van der Waals surface area contributed by atoms with E-state index in [1.807, 2.05) is 36.4 Å². The lowest BCUT2D eigenvalue weighted by Gasteiger charge is -2.35. The van der Waals surface area contributed by atoms with Crippen LogP contribution in [-0.4, -0.2) is 16.7 Å². The van der Waals surface area contributed by atoms with Crippen molar-refractivity contribution in [2.75, 3.05) is 0 Å². The molecule has 4 nitrogen and oxygen atoms in total. The van der Waals surface area contributed by atoms with Crippen LogP contribution < -0.4 is 4.74 Å². The molecule has 1 heterocycles. The lowest BCUT2D eigenvalue weighted by Crippen LogP contribution is -2.29. The van der Waals surface area contributed by atoms with Gasteiger partial charge in [-0.1, -0.05) is 30.3 Å². The highest BCUT2D eigenvalue weighted by atomic mass is 16.5. The van der Waals surface area contributed by atoms with Crippen LogP contribution in [0.15, 0.2) is 59.1 Å². The predicted molar refractivity (Wildman–Crippen MR) is 102 cm³/mol. The lowest BCUT2D eigenvalue weighted by atomic mass is 9.72. The maximum atomic E-state index is 12.9. The summed E-state index contributed by atoms with van der Waals surface area (Å²) in [5, 5.41) is 12.6. The molecule has 0 radical (unpaired) electrons. The molecule has 0 saturated carbocycles. The van der Waals surface area contributed by atoms with E-state index >= 15 is 0 Å². The molecule has 4 heteroatoms. The zero-order valence-electron chi connectivity index (χ0n) is 15.0. The molecule has 0 fully saturated rings. The van der Waals surface area contributed by atoms with Crippen LogP contribution in [0.1, 0.15) is 50.0 Å². The van der Waals surface area contributed by atoms with Crippen LogP contribution in [0, 0.1) is 0 Å². The number of ether oxygens (including phenoxy) is 1. The van der Waals surface area contributed by atoms with Gasteiger partial charge >= 0.3 is 0 Å². The molecule has 136 valence electrons. The second kappa shape index (κ2) is 6.08. The highest BCUT2D eigenvalue weighted by Gasteiger charge is 2.42. The van der Waals surface area contributed by atoms with Crippen molar-refractivity contribution < 1.29 is 19.4 Å². The summed E-state index contributed by atoms with van der Waals surface area (Å²) in [6, 6.07) is 11.8. The number of hydrogen-bond acceptors (Lipinski definition) is 4. The number of rotatable bonds is 1. The van der Waals surface area contributed by atoms with Crippen molar-refractivity contribution in [3.63, 3.8) is 0 Å². The van der Waals surface area contributed by atoms with E-state index in [2.05, 4.69) is 0 Å². The van der Waals surface area contributed by atoms with E-state index in [-0.39, 0.29) is 17.3 Å². The number of hydrogen-bond donors (Lipinski definition) is 1. The van der Waals surface area contributed by atoms with Gasteiger partial charge < -0.3 is 9.84 Å². The SMILES string of the molecule is O=C1CCCC(O)=C1[C@H]1C2=C(CCCC2=O)Oc2ccc3ccccc3c21. The Morgan fingerprint density at radius 1 is 0.852 bits per heavy atom. The van der Waals surface area contributed by atoms with Crippen LogP contribution >= 0.6 is 0 Å². The molecular formula is C23H20O4. The van der Waals surface area contributed by atoms with Crippen LogP contribution in [0.4, 0.5) is 0 Å². The molecule has 0 amide bonds. The van der Waals surface area contributed by atoms with Crippen molar-refractivity contribution in [1.29, 1.82) is 0 Å². The van der Waals surface area contributed by atoms with Crippen molar-refractivity contribution in [3.8, 4) is 5.75 Å². The van der Waals surface area contributed by atoms with E-state index in [0.29, 0.717) is 54.8 Å². The monoisotopic (exact) mass is 360 g/mol. The number of ketones is 2. The summed E-state index contributed by atoms with van der Waals surface area (Å²) in [5.74, 6) is 0.912. The molecule has 1 aliphatic heterocycles. The standard InChI is InChI=1S/C23H20O4/c24-15-7-3-8-16(25)21(15)23-20-14-6-2-1-5-13(14)11-12-19(20)27-18-10-4-9-17(26)22(18)23/h1-2,5-6,11-12,23-24H,3-4,7-10H2/t23-/m0/s1. The minimum Gasteiger partial charge on any atom is -0.512 e. The van der Waals surface area contributed by atoms with Gasteiger partial charge in [0.2, 0.25) is 0 Å². The van der Waals surface area contributed by atoms with Gasteiger partial charge in [0, 0.05) is 42.4 Å². The molecular weight excluding hydrogens is 340 g/mol. The van der Waals surface area contributed by atoms with E-state index in [9.17, 15) is 14.7 Å². The lowest BCUT2D eigenvalue weighted by molar-refractivity contribution is -0.117. The van der Waals surface area contributed by atoms with Gasteiger partial charge in [0.05, 0.1) is 11.7 Å². The Labute approximate surface area is 157 Å². The fourth-order valence-corrected chi connectivity index (χ4v) is 4.66. The zero-order chi connectivity index (χ0) is 18.5. The largest absolute Gasteiger partial charge is 0.512 e. The molecule has 1 N–H and O–H groups in total. The average Bonchev–Trinajstić information content (AvgIpc) is 2.67. The Bertz CT molecular complexity index is 1060. The summed E-state index contributed by atoms with van der Waals surface area (Å²) in [5.41, 5.74) is 1.80. The number of carbonyl (C=O) groups excluding carboxylic acids is 2. The molecule has 0 aromatic heterocycles. The molecule has 0 unspecified atom stereocenters.